The van der Waals surface area contributed by atoms with Gasteiger partial charge in [0.25, 0.3) is 0 Å². The molecule has 1 heteroatoms. The fourth-order valence-electron chi connectivity index (χ4n) is 2.21. The largest absolute Gasteiger partial charge is 0.378 e. The van der Waals surface area contributed by atoms with Gasteiger partial charge < -0.3 is 5.11 Å². The van der Waals surface area contributed by atoms with E-state index in [9.17, 15) is 5.11 Å². The maximum atomic E-state index is 9.73. The van der Waals surface area contributed by atoms with Gasteiger partial charge in [-0.3, -0.25) is 0 Å². The van der Waals surface area contributed by atoms with E-state index < -0.39 is 5.60 Å². The van der Waals surface area contributed by atoms with Gasteiger partial charge in [0, 0.05) is 0 Å². The molecule has 0 aromatic heterocycles. The van der Waals surface area contributed by atoms with Crippen LogP contribution in [-0.2, 0) is 0 Å². The molecule has 0 aromatic carbocycles. The Hall–Kier alpha value is -1.00. The van der Waals surface area contributed by atoms with E-state index in [4.69, 9.17) is 6.42 Å². The minimum absolute atomic E-state index is 0.630. The predicted molar refractivity (Wildman–Crippen MR) is 94.1 cm³/mol. The highest BCUT2D eigenvalue weighted by atomic mass is 16.3. The lowest BCUT2D eigenvalue weighted by Gasteiger charge is -2.14. The molecule has 0 heterocycles. The zero-order valence-corrected chi connectivity index (χ0v) is 14.7. The van der Waals surface area contributed by atoms with Crippen molar-refractivity contribution in [3.05, 3.63) is 23.3 Å². The van der Waals surface area contributed by atoms with Crippen LogP contribution in [0.25, 0.3) is 0 Å². The summed E-state index contributed by atoms with van der Waals surface area (Å²) in [5.74, 6) is 3.23. The van der Waals surface area contributed by atoms with Crippen LogP contribution < -0.4 is 0 Å². The first kappa shape index (κ1) is 20.0. The molecule has 1 unspecified atom stereocenters. The van der Waals surface area contributed by atoms with E-state index in [2.05, 4.69) is 45.8 Å². The van der Waals surface area contributed by atoms with E-state index in [1.807, 2.05) is 0 Å². The van der Waals surface area contributed by atoms with Gasteiger partial charge >= 0.3 is 0 Å². The second kappa shape index (κ2) is 10.7. The Morgan fingerprint density at radius 2 is 1.71 bits per heavy atom. The first-order valence-electron chi connectivity index (χ1n) is 8.28. The van der Waals surface area contributed by atoms with Gasteiger partial charge in [0.15, 0.2) is 0 Å². The standard InChI is InChI=1S/C20H34O/c1-7-20(6,21)16-10-15-19(5)14-9-13-18(4)12-8-11-17(2)3/h1,13,15,17,21H,8-12,14,16H2,2-6H3/b18-13+,19-15?. The highest BCUT2D eigenvalue weighted by Gasteiger charge is 2.14. The van der Waals surface area contributed by atoms with Gasteiger partial charge in [0.2, 0.25) is 0 Å². The molecule has 0 saturated heterocycles. The monoisotopic (exact) mass is 290 g/mol. The molecule has 21 heavy (non-hydrogen) atoms. The van der Waals surface area contributed by atoms with Crippen molar-refractivity contribution in [1.82, 2.24) is 0 Å². The molecule has 0 rings (SSSR count). The van der Waals surface area contributed by atoms with Gasteiger partial charge in [-0.25, -0.2) is 0 Å². The van der Waals surface area contributed by atoms with Gasteiger partial charge in [-0.1, -0.05) is 49.5 Å². The molecule has 0 spiro atoms. The maximum absolute atomic E-state index is 9.73. The highest BCUT2D eigenvalue weighted by molar-refractivity contribution is 5.07. The Bertz CT molecular complexity index is 377. The van der Waals surface area contributed by atoms with Crippen LogP contribution in [0.15, 0.2) is 23.3 Å². The number of rotatable bonds is 10. The predicted octanol–water partition coefficient (Wildman–Crippen LogP) is 5.65. The summed E-state index contributed by atoms with van der Waals surface area (Å²) in [4.78, 5) is 0. The highest BCUT2D eigenvalue weighted by Crippen LogP contribution is 2.16. The fraction of sp³-hybridized carbons (Fsp3) is 0.700. The number of aliphatic hydroxyl groups is 1. The third-order valence-electron chi connectivity index (χ3n) is 3.82. The Balaban J connectivity index is 3.91. The quantitative estimate of drug-likeness (QED) is 0.407. The van der Waals surface area contributed by atoms with Crippen molar-refractivity contribution in [1.29, 1.82) is 0 Å². The third-order valence-corrected chi connectivity index (χ3v) is 3.82. The lowest BCUT2D eigenvalue weighted by atomic mass is 9.99. The Morgan fingerprint density at radius 1 is 1.14 bits per heavy atom. The Labute approximate surface area is 132 Å². The summed E-state index contributed by atoms with van der Waals surface area (Å²) < 4.78 is 0. The van der Waals surface area contributed by atoms with Gasteiger partial charge in [0.1, 0.15) is 5.60 Å². The lowest BCUT2D eigenvalue weighted by molar-refractivity contribution is 0.113. The van der Waals surface area contributed by atoms with Crippen molar-refractivity contribution in [2.75, 3.05) is 0 Å². The number of terminal acetylenes is 1. The molecular formula is C20H34O. The molecule has 0 amide bonds. The van der Waals surface area contributed by atoms with Crippen molar-refractivity contribution < 1.29 is 5.11 Å². The molecule has 120 valence electrons. The summed E-state index contributed by atoms with van der Waals surface area (Å²) >= 11 is 0. The Morgan fingerprint density at radius 3 is 2.29 bits per heavy atom. The van der Waals surface area contributed by atoms with Crippen molar-refractivity contribution in [2.24, 2.45) is 5.92 Å². The van der Waals surface area contributed by atoms with Gasteiger partial charge in [-0.05, 0) is 65.2 Å². The number of allylic oxidation sites excluding steroid dienone is 4. The molecule has 0 fully saturated rings. The smallest absolute Gasteiger partial charge is 0.122 e. The average Bonchev–Trinajstić information content (AvgIpc) is 2.38. The summed E-state index contributed by atoms with van der Waals surface area (Å²) in [6.45, 7) is 10.7. The van der Waals surface area contributed by atoms with Crippen molar-refractivity contribution >= 4 is 0 Å². The normalized spacial score (nSPS) is 15.9. The molecule has 1 atom stereocenters. The van der Waals surface area contributed by atoms with Crippen LogP contribution in [0, 0.1) is 18.3 Å². The van der Waals surface area contributed by atoms with E-state index in [0.717, 1.165) is 25.2 Å². The minimum Gasteiger partial charge on any atom is -0.378 e. The first-order valence-corrected chi connectivity index (χ1v) is 8.28. The van der Waals surface area contributed by atoms with Gasteiger partial charge in [-0.15, -0.1) is 6.42 Å². The fourth-order valence-corrected chi connectivity index (χ4v) is 2.21. The van der Waals surface area contributed by atoms with Gasteiger partial charge in [0.05, 0.1) is 0 Å². The van der Waals surface area contributed by atoms with Crippen LogP contribution in [0.4, 0.5) is 0 Å². The molecule has 0 aliphatic carbocycles. The van der Waals surface area contributed by atoms with E-state index in [1.54, 1.807) is 6.92 Å². The van der Waals surface area contributed by atoms with E-state index in [1.165, 1.54) is 30.4 Å². The third kappa shape index (κ3) is 12.5. The molecule has 0 aliphatic heterocycles. The summed E-state index contributed by atoms with van der Waals surface area (Å²) in [5, 5.41) is 9.73. The van der Waals surface area contributed by atoms with Crippen molar-refractivity contribution in [2.45, 2.75) is 85.2 Å². The average molecular weight is 290 g/mol. The molecule has 1 nitrogen and oxygen atoms in total. The maximum Gasteiger partial charge on any atom is 0.122 e. The van der Waals surface area contributed by atoms with Crippen LogP contribution in [0.2, 0.25) is 0 Å². The second-order valence-corrected chi connectivity index (χ2v) is 6.88. The number of hydrogen-bond acceptors (Lipinski definition) is 1. The molecular weight excluding hydrogens is 256 g/mol. The zero-order valence-electron chi connectivity index (χ0n) is 14.7. The van der Waals surface area contributed by atoms with Crippen LogP contribution in [0.5, 0.6) is 0 Å². The molecule has 0 aliphatic rings. The van der Waals surface area contributed by atoms with Crippen LogP contribution in [0.3, 0.4) is 0 Å². The van der Waals surface area contributed by atoms with Crippen molar-refractivity contribution in [3.8, 4) is 12.3 Å². The van der Waals surface area contributed by atoms with E-state index in [0.29, 0.717) is 6.42 Å². The SMILES string of the molecule is C#CC(C)(O)CCC=C(C)CC/C=C(\C)CCCC(C)C. The van der Waals surface area contributed by atoms with Crippen LogP contribution in [-0.4, -0.2) is 10.7 Å². The molecule has 0 bridgehead atoms. The van der Waals surface area contributed by atoms with Crippen LogP contribution >= 0.6 is 0 Å². The second-order valence-electron chi connectivity index (χ2n) is 6.88. The summed E-state index contributed by atoms with van der Waals surface area (Å²) in [6.07, 6.45) is 17.4. The van der Waals surface area contributed by atoms with Crippen LogP contribution in [0.1, 0.15) is 79.6 Å². The first-order chi connectivity index (χ1) is 9.76. The summed E-state index contributed by atoms with van der Waals surface area (Å²) in [7, 11) is 0. The number of hydrogen-bond donors (Lipinski definition) is 1. The van der Waals surface area contributed by atoms with Gasteiger partial charge in [-0.2, -0.15) is 0 Å². The molecule has 0 radical (unpaired) electrons. The van der Waals surface area contributed by atoms with E-state index in [-0.39, 0.29) is 0 Å². The summed E-state index contributed by atoms with van der Waals surface area (Å²) in [5.41, 5.74) is 1.93. The van der Waals surface area contributed by atoms with Crippen molar-refractivity contribution in [3.63, 3.8) is 0 Å². The zero-order chi connectivity index (χ0) is 16.3. The molecule has 0 aromatic rings. The molecule has 0 saturated carbocycles. The van der Waals surface area contributed by atoms with E-state index >= 15 is 0 Å². The minimum atomic E-state index is -0.969. The Kier molecular flexibility index (Phi) is 10.2. The molecule has 1 N–H and O–H groups in total. The summed E-state index contributed by atoms with van der Waals surface area (Å²) in [6, 6.07) is 0. The lowest BCUT2D eigenvalue weighted by Crippen LogP contribution is -2.20. The topological polar surface area (TPSA) is 20.2 Å².